The van der Waals surface area contributed by atoms with Gasteiger partial charge in [-0.3, -0.25) is 0 Å². The van der Waals surface area contributed by atoms with Crippen LogP contribution >= 0.6 is 0 Å². The molecule has 23 heavy (non-hydrogen) atoms. The summed E-state index contributed by atoms with van der Waals surface area (Å²) in [5.74, 6) is 1.85. The van der Waals surface area contributed by atoms with Crippen LogP contribution in [0.5, 0.6) is 5.75 Å². The van der Waals surface area contributed by atoms with Crippen LogP contribution in [0.15, 0.2) is 35.9 Å². The van der Waals surface area contributed by atoms with Gasteiger partial charge >= 0.3 is 0 Å². The fraction of sp³-hybridized carbons (Fsp3) is 0.636. The predicted octanol–water partition coefficient (Wildman–Crippen LogP) is 6.71. The Labute approximate surface area is 143 Å². The Morgan fingerprint density at radius 2 is 1.83 bits per heavy atom. The lowest BCUT2D eigenvalue weighted by Gasteiger charge is -2.14. The summed E-state index contributed by atoms with van der Waals surface area (Å²) in [6.45, 7) is 5.40. The molecule has 1 unspecified atom stereocenters. The van der Waals surface area contributed by atoms with Crippen LogP contribution in [0, 0.1) is 5.92 Å². The molecule has 1 aliphatic carbocycles. The van der Waals surface area contributed by atoms with E-state index in [1.54, 1.807) is 5.57 Å². The molecule has 1 aliphatic rings. The zero-order valence-electron chi connectivity index (χ0n) is 15.2. The van der Waals surface area contributed by atoms with Crippen LogP contribution in [0.1, 0.15) is 77.2 Å². The third-order valence-electron chi connectivity index (χ3n) is 5.06. The van der Waals surface area contributed by atoms with Gasteiger partial charge in [-0.2, -0.15) is 0 Å². The van der Waals surface area contributed by atoms with Crippen LogP contribution in [0.3, 0.4) is 0 Å². The highest BCUT2D eigenvalue weighted by atomic mass is 16.5. The second kappa shape index (κ2) is 10.5. The van der Waals surface area contributed by atoms with Gasteiger partial charge in [-0.05, 0) is 62.1 Å². The number of unbranched alkanes of at least 4 members (excludes halogenated alkanes) is 1. The standard InChI is InChI=1S/C22H34O/c1-3-5-9-19(4-2)18-21-13-15-22(16-14-21)23-17-8-12-20-10-6-7-11-20/h12-16,19H,3-11,17-18H2,1-2H3. The lowest BCUT2D eigenvalue weighted by Crippen LogP contribution is -2.03. The van der Waals surface area contributed by atoms with Gasteiger partial charge in [-0.1, -0.05) is 63.3 Å². The van der Waals surface area contributed by atoms with Crippen LogP contribution in [-0.4, -0.2) is 6.61 Å². The van der Waals surface area contributed by atoms with Crippen molar-refractivity contribution in [2.24, 2.45) is 5.92 Å². The van der Waals surface area contributed by atoms with Gasteiger partial charge in [0.05, 0.1) is 6.61 Å². The number of hydrogen-bond donors (Lipinski definition) is 0. The van der Waals surface area contributed by atoms with Gasteiger partial charge in [0.25, 0.3) is 0 Å². The highest BCUT2D eigenvalue weighted by molar-refractivity contribution is 5.27. The average molecular weight is 315 g/mol. The number of rotatable bonds is 10. The summed E-state index contributed by atoms with van der Waals surface area (Å²) >= 11 is 0. The molecule has 2 rings (SSSR count). The number of allylic oxidation sites excluding steroid dienone is 1. The minimum Gasteiger partial charge on any atom is -0.493 e. The van der Waals surface area contributed by atoms with Crippen molar-refractivity contribution in [2.45, 2.75) is 78.1 Å². The van der Waals surface area contributed by atoms with E-state index in [-0.39, 0.29) is 0 Å². The van der Waals surface area contributed by atoms with Crippen molar-refractivity contribution in [3.8, 4) is 5.75 Å². The topological polar surface area (TPSA) is 9.23 Å². The van der Waals surface area contributed by atoms with E-state index in [4.69, 9.17) is 4.74 Å². The smallest absolute Gasteiger partial charge is 0.119 e. The van der Waals surface area contributed by atoms with Gasteiger partial charge in [0.1, 0.15) is 5.75 Å². The van der Waals surface area contributed by atoms with Gasteiger partial charge < -0.3 is 4.74 Å². The molecule has 1 nitrogen and oxygen atoms in total. The molecule has 1 aromatic carbocycles. The molecule has 128 valence electrons. The number of ether oxygens (including phenoxy) is 1. The Morgan fingerprint density at radius 1 is 1.09 bits per heavy atom. The van der Waals surface area contributed by atoms with E-state index in [9.17, 15) is 0 Å². The first-order valence-corrected chi connectivity index (χ1v) is 9.71. The monoisotopic (exact) mass is 314 g/mol. The van der Waals surface area contributed by atoms with Gasteiger partial charge in [-0.25, -0.2) is 0 Å². The van der Waals surface area contributed by atoms with Crippen molar-refractivity contribution in [3.05, 3.63) is 41.5 Å². The van der Waals surface area contributed by atoms with E-state index < -0.39 is 0 Å². The molecule has 0 radical (unpaired) electrons. The van der Waals surface area contributed by atoms with E-state index in [1.807, 2.05) is 0 Å². The zero-order chi connectivity index (χ0) is 16.3. The summed E-state index contributed by atoms with van der Waals surface area (Å²) in [6.07, 6.45) is 15.3. The Morgan fingerprint density at radius 3 is 2.48 bits per heavy atom. The highest BCUT2D eigenvalue weighted by Crippen LogP contribution is 2.24. The maximum absolute atomic E-state index is 5.87. The molecule has 0 amide bonds. The van der Waals surface area contributed by atoms with Crippen LogP contribution in [0.25, 0.3) is 0 Å². The van der Waals surface area contributed by atoms with Crippen LogP contribution < -0.4 is 4.74 Å². The summed E-state index contributed by atoms with van der Waals surface area (Å²) in [7, 11) is 0. The van der Waals surface area contributed by atoms with E-state index in [1.165, 1.54) is 63.4 Å². The Kier molecular flexibility index (Phi) is 8.28. The fourth-order valence-electron chi connectivity index (χ4n) is 3.47. The second-order valence-corrected chi connectivity index (χ2v) is 6.97. The minimum absolute atomic E-state index is 0.803. The molecule has 1 saturated carbocycles. The van der Waals surface area contributed by atoms with Crippen molar-refractivity contribution in [3.63, 3.8) is 0 Å². The second-order valence-electron chi connectivity index (χ2n) is 6.97. The molecule has 0 spiro atoms. The minimum atomic E-state index is 0.803. The van der Waals surface area contributed by atoms with Gasteiger partial charge in [0.2, 0.25) is 0 Å². The first-order valence-electron chi connectivity index (χ1n) is 9.71. The van der Waals surface area contributed by atoms with E-state index >= 15 is 0 Å². The third-order valence-corrected chi connectivity index (χ3v) is 5.06. The molecule has 1 aromatic rings. The molecular weight excluding hydrogens is 280 g/mol. The lowest BCUT2D eigenvalue weighted by atomic mass is 9.92. The summed E-state index contributed by atoms with van der Waals surface area (Å²) in [6, 6.07) is 8.79. The maximum atomic E-state index is 5.87. The van der Waals surface area contributed by atoms with Crippen molar-refractivity contribution in [1.82, 2.24) is 0 Å². The van der Waals surface area contributed by atoms with E-state index in [2.05, 4.69) is 44.2 Å². The summed E-state index contributed by atoms with van der Waals surface area (Å²) in [5.41, 5.74) is 3.09. The fourth-order valence-corrected chi connectivity index (χ4v) is 3.47. The van der Waals surface area contributed by atoms with Crippen LogP contribution in [-0.2, 0) is 6.42 Å². The van der Waals surface area contributed by atoms with Gasteiger partial charge in [0, 0.05) is 0 Å². The predicted molar refractivity (Wildman–Crippen MR) is 100 cm³/mol. The van der Waals surface area contributed by atoms with Crippen molar-refractivity contribution in [1.29, 1.82) is 0 Å². The normalized spacial score (nSPS) is 15.7. The van der Waals surface area contributed by atoms with Crippen molar-refractivity contribution >= 4 is 0 Å². The van der Waals surface area contributed by atoms with Gasteiger partial charge in [-0.15, -0.1) is 0 Å². The van der Waals surface area contributed by atoms with E-state index in [0.29, 0.717) is 0 Å². The maximum Gasteiger partial charge on any atom is 0.119 e. The SMILES string of the molecule is CCCCC(CC)Cc1ccc(OCCC=C2CCCC2)cc1. The molecule has 0 aliphatic heterocycles. The molecule has 0 heterocycles. The molecule has 1 fully saturated rings. The van der Waals surface area contributed by atoms with Crippen molar-refractivity contribution in [2.75, 3.05) is 6.61 Å². The first-order chi connectivity index (χ1) is 11.3. The molecule has 1 heteroatoms. The third kappa shape index (κ3) is 6.81. The van der Waals surface area contributed by atoms with Crippen LogP contribution in [0.4, 0.5) is 0 Å². The van der Waals surface area contributed by atoms with Gasteiger partial charge in [0.15, 0.2) is 0 Å². The average Bonchev–Trinajstić information content (AvgIpc) is 3.10. The Hall–Kier alpha value is -1.24. The largest absolute Gasteiger partial charge is 0.493 e. The zero-order valence-corrected chi connectivity index (χ0v) is 15.2. The van der Waals surface area contributed by atoms with Crippen molar-refractivity contribution < 1.29 is 4.74 Å². The number of hydrogen-bond acceptors (Lipinski definition) is 1. The molecule has 0 N–H and O–H groups in total. The summed E-state index contributed by atoms with van der Waals surface area (Å²) in [4.78, 5) is 0. The summed E-state index contributed by atoms with van der Waals surface area (Å²) < 4.78 is 5.87. The molecule has 0 saturated heterocycles. The Bertz CT molecular complexity index is 449. The lowest BCUT2D eigenvalue weighted by molar-refractivity contribution is 0.324. The summed E-state index contributed by atoms with van der Waals surface area (Å²) in [5, 5.41) is 0. The molecular formula is C22H34O. The highest BCUT2D eigenvalue weighted by Gasteiger charge is 2.07. The van der Waals surface area contributed by atoms with E-state index in [0.717, 1.165) is 24.7 Å². The number of benzene rings is 1. The first kappa shape index (κ1) is 18.1. The molecule has 1 atom stereocenters. The quantitative estimate of drug-likeness (QED) is 0.344. The van der Waals surface area contributed by atoms with Crippen LogP contribution in [0.2, 0.25) is 0 Å². The molecule has 0 aromatic heterocycles. The molecule has 0 bridgehead atoms. The Balaban J connectivity index is 1.71.